The van der Waals surface area contributed by atoms with E-state index < -0.39 is 36.2 Å². The third-order valence-corrected chi connectivity index (χ3v) is 2.88. The average Bonchev–Trinajstić information content (AvgIpc) is 2.35. The summed E-state index contributed by atoms with van der Waals surface area (Å²) in [7, 11) is 0. The van der Waals surface area contributed by atoms with Gasteiger partial charge < -0.3 is 19.5 Å². The number of nitrogens with one attached hydrogen (secondary N) is 1. The van der Waals surface area contributed by atoms with Crippen molar-refractivity contribution in [1.82, 2.24) is 5.32 Å². The van der Waals surface area contributed by atoms with Gasteiger partial charge in [-0.05, 0) is 6.92 Å². The molecule has 0 aliphatic rings. The highest BCUT2D eigenvalue weighted by Gasteiger charge is 2.27. The van der Waals surface area contributed by atoms with E-state index in [0.29, 0.717) is 0 Å². The Labute approximate surface area is 135 Å². The standard InChI is InChI=1S/C15H25NO7/c1-9(16-10(2)17)15(23-13(5)20)8-14(22-12(4)19)6-7-21-11(3)18/h9,14-15H,6-8H2,1-5H3,(H,16,17)/t9-,14+,15-/m0/s1. The number of esters is 3. The number of ether oxygens (including phenoxy) is 3. The van der Waals surface area contributed by atoms with Crippen LogP contribution < -0.4 is 5.32 Å². The van der Waals surface area contributed by atoms with E-state index in [-0.39, 0.29) is 25.4 Å². The molecule has 132 valence electrons. The molecule has 23 heavy (non-hydrogen) atoms. The Bertz CT molecular complexity index is 436. The van der Waals surface area contributed by atoms with Crippen LogP contribution >= 0.6 is 0 Å². The monoisotopic (exact) mass is 331 g/mol. The fraction of sp³-hybridized carbons (Fsp3) is 0.733. The molecule has 0 aromatic rings. The van der Waals surface area contributed by atoms with E-state index in [9.17, 15) is 19.2 Å². The lowest BCUT2D eigenvalue weighted by molar-refractivity contribution is -0.155. The van der Waals surface area contributed by atoms with E-state index in [1.165, 1.54) is 27.7 Å². The number of hydrogen-bond donors (Lipinski definition) is 1. The van der Waals surface area contributed by atoms with Gasteiger partial charge in [-0.1, -0.05) is 0 Å². The Kier molecular flexibility index (Phi) is 9.60. The molecule has 0 heterocycles. The van der Waals surface area contributed by atoms with Crippen LogP contribution in [0.3, 0.4) is 0 Å². The Morgan fingerprint density at radius 1 is 0.913 bits per heavy atom. The minimum Gasteiger partial charge on any atom is -0.466 e. The van der Waals surface area contributed by atoms with Crippen molar-refractivity contribution in [2.24, 2.45) is 0 Å². The summed E-state index contributed by atoms with van der Waals surface area (Å²) in [4.78, 5) is 44.4. The zero-order chi connectivity index (χ0) is 18.0. The Hall–Kier alpha value is -2.12. The van der Waals surface area contributed by atoms with Gasteiger partial charge >= 0.3 is 17.9 Å². The van der Waals surface area contributed by atoms with Gasteiger partial charge in [-0.15, -0.1) is 0 Å². The molecule has 1 N–H and O–H groups in total. The average molecular weight is 331 g/mol. The second kappa shape index (κ2) is 10.6. The fourth-order valence-corrected chi connectivity index (χ4v) is 2.03. The molecule has 8 heteroatoms. The fourth-order valence-electron chi connectivity index (χ4n) is 2.03. The summed E-state index contributed by atoms with van der Waals surface area (Å²) in [5.74, 6) is -1.70. The predicted octanol–water partition coefficient (Wildman–Crippen LogP) is 0.718. The summed E-state index contributed by atoms with van der Waals surface area (Å²) in [6.07, 6.45) is -0.823. The molecular formula is C15H25NO7. The first-order valence-electron chi connectivity index (χ1n) is 7.36. The molecule has 1 amide bonds. The Balaban J connectivity index is 4.85. The molecule has 0 aromatic carbocycles. The first kappa shape index (κ1) is 20.9. The van der Waals surface area contributed by atoms with Gasteiger partial charge in [-0.2, -0.15) is 0 Å². The highest BCUT2D eigenvalue weighted by atomic mass is 16.6. The van der Waals surface area contributed by atoms with E-state index in [1.54, 1.807) is 6.92 Å². The number of carbonyl (C=O) groups is 4. The van der Waals surface area contributed by atoms with Crippen molar-refractivity contribution in [3.63, 3.8) is 0 Å². The second-order valence-electron chi connectivity index (χ2n) is 5.23. The highest BCUT2D eigenvalue weighted by Crippen LogP contribution is 2.15. The van der Waals surface area contributed by atoms with Crippen molar-refractivity contribution in [3.8, 4) is 0 Å². The predicted molar refractivity (Wildman–Crippen MR) is 80.3 cm³/mol. The van der Waals surface area contributed by atoms with E-state index >= 15 is 0 Å². The molecule has 0 aliphatic heterocycles. The molecule has 0 unspecified atom stereocenters. The summed E-state index contributed by atoms with van der Waals surface area (Å²) in [5.41, 5.74) is 0. The molecule has 0 aromatic heterocycles. The molecule has 0 radical (unpaired) electrons. The lowest BCUT2D eigenvalue weighted by Gasteiger charge is -2.27. The maximum absolute atomic E-state index is 11.2. The molecule has 0 bridgehead atoms. The summed E-state index contributed by atoms with van der Waals surface area (Å²) < 4.78 is 15.2. The summed E-state index contributed by atoms with van der Waals surface area (Å²) in [6.45, 7) is 6.91. The van der Waals surface area contributed by atoms with Crippen LogP contribution in [0, 0.1) is 0 Å². The van der Waals surface area contributed by atoms with E-state index in [1.807, 2.05) is 0 Å². The van der Waals surface area contributed by atoms with Crippen LogP contribution in [0.15, 0.2) is 0 Å². The van der Waals surface area contributed by atoms with Crippen molar-refractivity contribution in [3.05, 3.63) is 0 Å². The summed E-state index contributed by atoms with van der Waals surface area (Å²) >= 11 is 0. The topological polar surface area (TPSA) is 108 Å². The van der Waals surface area contributed by atoms with Gasteiger partial charge in [-0.25, -0.2) is 0 Å². The van der Waals surface area contributed by atoms with Crippen LogP contribution in [-0.2, 0) is 33.4 Å². The first-order valence-corrected chi connectivity index (χ1v) is 7.36. The van der Waals surface area contributed by atoms with Crippen molar-refractivity contribution in [2.45, 2.75) is 65.7 Å². The van der Waals surface area contributed by atoms with Crippen LogP contribution in [0.1, 0.15) is 47.5 Å². The number of carbonyl (C=O) groups excluding carboxylic acids is 4. The van der Waals surface area contributed by atoms with Crippen LogP contribution in [0.2, 0.25) is 0 Å². The molecule has 0 fully saturated rings. The smallest absolute Gasteiger partial charge is 0.302 e. The zero-order valence-electron chi connectivity index (χ0n) is 14.2. The van der Waals surface area contributed by atoms with Crippen molar-refractivity contribution < 1.29 is 33.4 Å². The van der Waals surface area contributed by atoms with Gasteiger partial charge in [0, 0.05) is 40.5 Å². The third kappa shape index (κ3) is 11.1. The van der Waals surface area contributed by atoms with Crippen molar-refractivity contribution in [2.75, 3.05) is 6.61 Å². The maximum atomic E-state index is 11.2. The minimum absolute atomic E-state index is 0.0780. The lowest BCUT2D eigenvalue weighted by atomic mass is 10.0. The van der Waals surface area contributed by atoms with Gasteiger partial charge in [0.05, 0.1) is 12.6 Å². The van der Waals surface area contributed by atoms with Crippen LogP contribution in [-0.4, -0.2) is 48.7 Å². The van der Waals surface area contributed by atoms with E-state index in [0.717, 1.165) is 0 Å². The number of amides is 1. The second-order valence-corrected chi connectivity index (χ2v) is 5.23. The van der Waals surface area contributed by atoms with Gasteiger partial charge in [0.2, 0.25) is 5.91 Å². The van der Waals surface area contributed by atoms with E-state index in [4.69, 9.17) is 14.2 Å². The molecule has 0 saturated carbocycles. The Morgan fingerprint density at radius 3 is 1.91 bits per heavy atom. The zero-order valence-corrected chi connectivity index (χ0v) is 14.2. The molecule has 0 spiro atoms. The molecule has 0 rings (SSSR count). The first-order chi connectivity index (χ1) is 10.6. The highest BCUT2D eigenvalue weighted by molar-refractivity contribution is 5.73. The van der Waals surface area contributed by atoms with Gasteiger partial charge in [-0.3, -0.25) is 19.2 Å². The van der Waals surface area contributed by atoms with Crippen LogP contribution in [0.4, 0.5) is 0 Å². The number of hydrogen-bond acceptors (Lipinski definition) is 7. The molecule has 3 atom stereocenters. The quantitative estimate of drug-likeness (QED) is 0.490. The van der Waals surface area contributed by atoms with Crippen molar-refractivity contribution in [1.29, 1.82) is 0 Å². The van der Waals surface area contributed by atoms with Crippen LogP contribution in [0.5, 0.6) is 0 Å². The van der Waals surface area contributed by atoms with Crippen molar-refractivity contribution >= 4 is 23.8 Å². The molecule has 8 nitrogen and oxygen atoms in total. The third-order valence-electron chi connectivity index (χ3n) is 2.88. The normalized spacial score (nSPS) is 14.1. The van der Waals surface area contributed by atoms with E-state index in [2.05, 4.69) is 5.32 Å². The number of rotatable bonds is 9. The summed E-state index contributed by atoms with van der Waals surface area (Å²) in [6, 6.07) is -0.455. The SMILES string of the molecule is CC(=O)N[C@@H](C)[C@H](C[C@@H](CCOC(C)=O)OC(C)=O)OC(C)=O. The van der Waals surface area contributed by atoms with Gasteiger partial charge in [0.15, 0.2) is 0 Å². The Morgan fingerprint density at radius 2 is 1.48 bits per heavy atom. The van der Waals surface area contributed by atoms with Gasteiger partial charge in [0.1, 0.15) is 12.2 Å². The van der Waals surface area contributed by atoms with Crippen LogP contribution in [0.25, 0.3) is 0 Å². The summed E-state index contributed by atoms with van der Waals surface area (Å²) in [5, 5.41) is 2.64. The molecular weight excluding hydrogens is 306 g/mol. The molecule has 0 aliphatic carbocycles. The minimum atomic E-state index is -0.668. The molecule has 0 saturated heterocycles. The van der Waals surface area contributed by atoms with Gasteiger partial charge in [0.25, 0.3) is 0 Å². The maximum Gasteiger partial charge on any atom is 0.302 e. The largest absolute Gasteiger partial charge is 0.466 e. The lowest BCUT2D eigenvalue weighted by Crippen LogP contribution is -2.44.